The quantitative estimate of drug-likeness (QED) is 0.739. The van der Waals surface area contributed by atoms with Gasteiger partial charge in [0.1, 0.15) is 11.0 Å². The molecule has 0 aromatic heterocycles. The van der Waals surface area contributed by atoms with Crippen LogP contribution in [-0.4, -0.2) is 40.7 Å². The van der Waals surface area contributed by atoms with Gasteiger partial charge in [-0.05, 0) is 48.9 Å². The van der Waals surface area contributed by atoms with Crippen LogP contribution in [0.25, 0.3) is 0 Å². The SMILES string of the molecule is C=CS(=O)NC1CCN(C(=O)CNc2cc(Cl)c(C)c(C(C)C)c2)CC1. The fraction of sp³-hybridized carbons (Fsp3) is 0.526. The fourth-order valence-corrected chi connectivity index (χ4v) is 4.04. The van der Waals surface area contributed by atoms with Crippen LogP contribution in [0.5, 0.6) is 0 Å². The molecule has 1 fully saturated rings. The summed E-state index contributed by atoms with van der Waals surface area (Å²) >= 11 is 6.32. The van der Waals surface area contributed by atoms with E-state index in [1.165, 1.54) is 11.0 Å². The Morgan fingerprint density at radius 2 is 2.08 bits per heavy atom. The zero-order valence-corrected chi connectivity index (χ0v) is 17.3. The topological polar surface area (TPSA) is 61.4 Å². The van der Waals surface area contributed by atoms with Gasteiger partial charge in [0.2, 0.25) is 5.91 Å². The third-order valence-corrected chi connectivity index (χ3v) is 5.99. The Hall–Kier alpha value is -1.37. The van der Waals surface area contributed by atoms with Gasteiger partial charge < -0.3 is 10.2 Å². The van der Waals surface area contributed by atoms with E-state index in [4.69, 9.17) is 11.6 Å². The minimum absolute atomic E-state index is 0.0658. The summed E-state index contributed by atoms with van der Waals surface area (Å²) in [4.78, 5) is 14.3. The first kappa shape index (κ1) is 20.9. The first-order valence-electron chi connectivity index (χ1n) is 8.92. The van der Waals surface area contributed by atoms with Crippen LogP contribution in [0.3, 0.4) is 0 Å². The summed E-state index contributed by atoms with van der Waals surface area (Å²) in [5.41, 5.74) is 3.15. The Labute approximate surface area is 163 Å². The summed E-state index contributed by atoms with van der Waals surface area (Å²) in [5, 5.41) is 5.31. The highest BCUT2D eigenvalue weighted by atomic mass is 35.5. The maximum Gasteiger partial charge on any atom is 0.241 e. The molecule has 2 rings (SSSR count). The normalized spacial score (nSPS) is 16.6. The second kappa shape index (κ2) is 9.53. The molecule has 1 atom stereocenters. The van der Waals surface area contributed by atoms with Gasteiger partial charge in [0, 0.05) is 35.2 Å². The Morgan fingerprint density at radius 3 is 2.65 bits per heavy atom. The number of anilines is 1. The Balaban J connectivity index is 1.88. The number of piperidine rings is 1. The zero-order chi connectivity index (χ0) is 19.3. The largest absolute Gasteiger partial charge is 0.376 e. The molecule has 1 heterocycles. The van der Waals surface area contributed by atoms with Crippen LogP contribution in [0.1, 0.15) is 43.7 Å². The monoisotopic (exact) mass is 397 g/mol. The summed E-state index contributed by atoms with van der Waals surface area (Å²) in [7, 11) is -1.20. The molecule has 26 heavy (non-hydrogen) atoms. The molecule has 0 bridgehead atoms. The van der Waals surface area contributed by atoms with E-state index < -0.39 is 11.0 Å². The number of halogens is 1. The molecule has 0 saturated carbocycles. The van der Waals surface area contributed by atoms with Gasteiger partial charge in [0.25, 0.3) is 0 Å². The molecule has 1 amide bonds. The van der Waals surface area contributed by atoms with E-state index in [1.54, 1.807) is 0 Å². The number of likely N-dealkylation sites (tertiary alicyclic amines) is 1. The Kier molecular flexibility index (Phi) is 7.68. The van der Waals surface area contributed by atoms with Gasteiger partial charge >= 0.3 is 0 Å². The van der Waals surface area contributed by atoms with Crippen molar-refractivity contribution in [3.8, 4) is 0 Å². The Morgan fingerprint density at radius 1 is 1.42 bits per heavy atom. The lowest BCUT2D eigenvalue weighted by Gasteiger charge is -2.32. The number of benzene rings is 1. The van der Waals surface area contributed by atoms with Crippen molar-refractivity contribution in [3.63, 3.8) is 0 Å². The van der Waals surface area contributed by atoms with Crippen molar-refractivity contribution in [2.75, 3.05) is 25.0 Å². The molecule has 0 aliphatic carbocycles. The molecule has 1 aromatic carbocycles. The van der Waals surface area contributed by atoms with Gasteiger partial charge in [-0.15, -0.1) is 0 Å². The average Bonchev–Trinajstić information content (AvgIpc) is 2.62. The smallest absolute Gasteiger partial charge is 0.241 e. The van der Waals surface area contributed by atoms with E-state index in [9.17, 15) is 9.00 Å². The van der Waals surface area contributed by atoms with E-state index in [2.05, 4.69) is 36.5 Å². The first-order chi connectivity index (χ1) is 12.3. The summed E-state index contributed by atoms with van der Waals surface area (Å²) in [6.45, 7) is 11.4. The second-order valence-electron chi connectivity index (χ2n) is 6.92. The van der Waals surface area contributed by atoms with Crippen molar-refractivity contribution in [1.29, 1.82) is 0 Å². The van der Waals surface area contributed by atoms with Gasteiger partial charge in [-0.2, -0.15) is 0 Å². The lowest BCUT2D eigenvalue weighted by Crippen LogP contribution is -2.46. The summed E-state index contributed by atoms with van der Waals surface area (Å²) < 4.78 is 14.5. The number of nitrogens with zero attached hydrogens (tertiary/aromatic N) is 1. The molecule has 1 aliphatic rings. The number of carbonyl (C=O) groups is 1. The second-order valence-corrected chi connectivity index (χ2v) is 8.49. The lowest BCUT2D eigenvalue weighted by molar-refractivity contribution is -0.130. The van der Waals surface area contributed by atoms with Gasteiger partial charge in [0.05, 0.1) is 6.54 Å². The number of rotatable bonds is 7. The molecule has 1 aromatic rings. The number of hydrogen-bond acceptors (Lipinski definition) is 3. The van der Waals surface area contributed by atoms with Crippen LogP contribution < -0.4 is 10.0 Å². The molecule has 1 saturated heterocycles. The Bertz CT molecular complexity index is 686. The van der Waals surface area contributed by atoms with Crippen LogP contribution >= 0.6 is 11.6 Å². The van der Waals surface area contributed by atoms with Gasteiger partial charge in [0.15, 0.2) is 0 Å². The van der Waals surface area contributed by atoms with E-state index >= 15 is 0 Å². The number of amides is 1. The minimum Gasteiger partial charge on any atom is -0.376 e. The molecule has 0 spiro atoms. The highest BCUT2D eigenvalue weighted by molar-refractivity contribution is 7.86. The minimum atomic E-state index is -1.20. The van der Waals surface area contributed by atoms with Crippen LogP contribution in [-0.2, 0) is 15.8 Å². The molecule has 2 N–H and O–H groups in total. The number of carbonyl (C=O) groups excluding carboxylic acids is 1. The lowest BCUT2D eigenvalue weighted by atomic mass is 9.97. The molecule has 7 heteroatoms. The van der Waals surface area contributed by atoms with E-state index in [-0.39, 0.29) is 18.5 Å². The summed E-state index contributed by atoms with van der Waals surface area (Å²) in [6, 6.07) is 4.10. The standard InChI is InChI=1S/C19H28ClN3O2S/c1-5-26(25)22-15-6-8-23(9-7-15)19(24)12-21-16-10-17(13(2)3)14(4)18(20)11-16/h5,10-11,13,15,21-22H,1,6-9,12H2,2-4H3. The fourth-order valence-electron chi connectivity index (χ4n) is 3.15. The summed E-state index contributed by atoms with van der Waals surface area (Å²) in [5.74, 6) is 0.439. The van der Waals surface area contributed by atoms with Gasteiger partial charge in [-0.25, -0.2) is 8.93 Å². The van der Waals surface area contributed by atoms with Crippen molar-refractivity contribution in [1.82, 2.24) is 9.62 Å². The van der Waals surface area contributed by atoms with Crippen LogP contribution in [0.4, 0.5) is 5.69 Å². The maximum atomic E-state index is 12.5. The van der Waals surface area contributed by atoms with Crippen molar-refractivity contribution in [2.24, 2.45) is 0 Å². The first-order valence-corrected chi connectivity index (χ1v) is 10.5. The van der Waals surface area contributed by atoms with Crippen molar-refractivity contribution in [2.45, 2.75) is 45.6 Å². The van der Waals surface area contributed by atoms with Crippen molar-refractivity contribution in [3.05, 3.63) is 40.3 Å². The van der Waals surface area contributed by atoms with Crippen LogP contribution in [0.15, 0.2) is 24.1 Å². The van der Waals surface area contributed by atoms with E-state index in [0.29, 0.717) is 24.0 Å². The average molecular weight is 398 g/mol. The predicted octanol–water partition coefficient (Wildman–Crippen LogP) is 3.57. The predicted molar refractivity (Wildman–Crippen MR) is 110 cm³/mol. The van der Waals surface area contributed by atoms with Crippen molar-refractivity contribution < 1.29 is 9.00 Å². The van der Waals surface area contributed by atoms with E-state index in [0.717, 1.165) is 24.1 Å². The third-order valence-electron chi connectivity index (χ3n) is 4.73. The van der Waals surface area contributed by atoms with E-state index in [1.807, 2.05) is 17.9 Å². The number of hydrogen-bond donors (Lipinski definition) is 2. The highest BCUT2D eigenvalue weighted by Crippen LogP contribution is 2.29. The molecule has 1 unspecified atom stereocenters. The molecular weight excluding hydrogens is 370 g/mol. The molecule has 1 aliphatic heterocycles. The van der Waals surface area contributed by atoms with Crippen LogP contribution in [0.2, 0.25) is 5.02 Å². The van der Waals surface area contributed by atoms with Crippen molar-refractivity contribution >= 4 is 34.2 Å². The molecule has 5 nitrogen and oxygen atoms in total. The van der Waals surface area contributed by atoms with Crippen LogP contribution in [0, 0.1) is 6.92 Å². The highest BCUT2D eigenvalue weighted by Gasteiger charge is 2.23. The summed E-state index contributed by atoms with van der Waals surface area (Å²) in [6.07, 6.45) is 1.58. The van der Waals surface area contributed by atoms with Gasteiger partial charge in [-0.3, -0.25) is 4.79 Å². The maximum absolute atomic E-state index is 12.5. The molecule has 0 radical (unpaired) electrons. The molecular formula is C19H28ClN3O2S. The van der Waals surface area contributed by atoms with Gasteiger partial charge in [-0.1, -0.05) is 32.0 Å². The molecule has 144 valence electrons. The number of nitrogens with one attached hydrogen (secondary N) is 2. The third kappa shape index (κ3) is 5.56. The zero-order valence-electron chi connectivity index (χ0n) is 15.7.